The minimum Gasteiger partial charge on any atom is -0.462 e. The molecule has 53 heavy (non-hydrogen) atoms. The first kappa shape index (κ1) is 53.9. The van der Waals surface area contributed by atoms with Crippen molar-refractivity contribution in [3.63, 3.8) is 0 Å². The number of likely N-dealkylation sites (tertiary alicyclic amines) is 1. The van der Waals surface area contributed by atoms with E-state index in [4.69, 9.17) is 0 Å². The fraction of sp³-hybridized carbons (Fsp3) is 0.805. The molecule has 3 atom stereocenters. The van der Waals surface area contributed by atoms with E-state index in [1.54, 1.807) is 4.90 Å². The van der Waals surface area contributed by atoms with Gasteiger partial charge in [-0.2, -0.15) is 0 Å². The maximum atomic E-state index is 14.0. The van der Waals surface area contributed by atoms with E-state index in [0.717, 1.165) is 38.5 Å². The lowest BCUT2D eigenvalue weighted by molar-refractivity contribution is -0.144. The van der Waals surface area contributed by atoms with Crippen LogP contribution in [0.2, 0.25) is 0 Å². The Bertz CT molecular complexity index is 1050. The first-order valence-corrected chi connectivity index (χ1v) is 20.1. The molecule has 0 aromatic carbocycles. The molecule has 1 saturated carbocycles. The summed E-state index contributed by atoms with van der Waals surface area (Å²) in [5.41, 5.74) is -0.738. The summed E-state index contributed by atoms with van der Waals surface area (Å²) in [6, 6.07) is -2.98. The summed E-state index contributed by atoms with van der Waals surface area (Å²) < 4.78 is 4.55. The first-order chi connectivity index (χ1) is 24.9. The van der Waals surface area contributed by atoms with Crippen LogP contribution < -0.4 is 21.3 Å². The molecule has 4 N–H and O–H groups in total. The Kier molecular flexibility index (Phi) is 31.5. The monoisotopic (exact) mass is 754 g/mol. The molecular formula is C41H79N5O7. The molecule has 12 heteroatoms. The smallest absolute Gasteiger partial charge is 0.315 e. The zero-order valence-corrected chi connectivity index (χ0v) is 35.9. The Morgan fingerprint density at radius 3 is 1.89 bits per heavy atom. The number of nitrogens with zero attached hydrogens (tertiary/aromatic N) is 1. The Morgan fingerprint density at radius 2 is 1.45 bits per heavy atom. The molecule has 2 aliphatic rings. The predicted molar refractivity (Wildman–Crippen MR) is 216 cm³/mol. The van der Waals surface area contributed by atoms with Crippen LogP contribution in [0.4, 0.5) is 4.79 Å². The summed E-state index contributed by atoms with van der Waals surface area (Å²) in [6.45, 7) is 30.2. The number of hydrogen-bond donors (Lipinski definition) is 4. The van der Waals surface area contributed by atoms with Gasteiger partial charge in [-0.15, -0.1) is 6.58 Å². The number of ether oxygens (including phenoxy) is 1. The standard InChI is InChI=1S/C28H47N5O5.C5H10O2.2C3H8.C2H6/c1-6-8-13-20(22(34)25(36)29-17-7-2)31-24(35)21-14-12-18-33(21)26(37)23(32-27(38)30-19(3)4)28(5)15-10-9-11-16-28;1-5(2,3)7-4-6;2*1-3-2;1-2/h7,19-21,23H,2,6,8-18H2,1,3-5H3,(H,29,36)(H,31,35)(H2,30,32,38);4H,1-3H3;2*3H2,1-2H3;1-2H3. The second-order valence-electron chi connectivity index (χ2n) is 14.9. The number of urea groups is 1. The highest BCUT2D eigenvalue weighted by atomic mass is 16.5. The fourth-order valence-electron chi connectivity index (χ4n) is 5.59. The average molecular weight is 754 g/mol. The van der Waals surface area contributed by atoms with Crippen LogP contribution in [-0.4, -0.2) is 83.8 Å². The molecular weight excluding hydrogens is 674 g/mol. The van der Waals surface area contributed by atoms with E-state index >= 15 is 0 Å². The van der Waals surface area contributed by atoms with Crippen LogP contribution in [0.3, 0.4) is 0 Å². The molecule has 1 saturated heterocycles. The molecule has 5 amide bonds. The van der Waals surface area contributed by atoms with E-state index in [9.17, 15) is 28.8 Å². The third-order valence-electron chi connectivity index (χ3n) is 7.99. The summed E-state index contributed by atoms with van der Waals surface area (Å²) in [5.74, 6) is -2.19. The molecule has 12 nitrogen and oxygen atoms in total. The fourth-order valence-corrected chi connectivity index (χ4v) is 5.59. The van der Waals surface area contributed by atoms with Crippen molar-refractivity contribution in [3.05, 3.63) is 12.7 Å². The molecule has 0 spiro atoms. The first-order valence-electron chi connectivity index (χ1n) is 20.1. The SMILES string of the molecule is C=CCNC(=O)C(=O)C(CCCC)NC(=O)C1CCCN1C(=O)C(NC(=O)NC(C)C)C1(C)CCCCC1.CC.CC(C)(C)OC=O.CCC.CCC. The third-order valence-corrected chi connectivity index (χ3v) is 7.99. The number of hydrogen-bond acceptors (Lipinski definition) is 7. The van der Waals surface area contributed by atoms with Crippen molar-refractivity contribution in [3.8, 4) is 0 Å². The number of ketones is 1. The Hall–Kier alpha value is -3.44. The highest BCUT2D eigenvalue weighted by Gasteiger charge is 2.46. The Balaban J connectivity index is -0.00000142. The molecule has 0 bridgehead atoms. The molecule has 310 valence electrons. The van der Waals surface area contributed by atoms with Gasteiger partial charge in [-0.3, -0.25) is 24.0 Å². The van der Waals surface area contributed by atoms with E-state index < -0.39 is 47.2 Å². The molecule has 1 aliphatic carbocycles. The second kappa shape index (κ2) is 31.0. The van der Waals surface area contributed by atoms with Crippen molar-refractivity contribution >= 4 is 36.0 Å². The average Bonchev–Trinajstić information content (AvgIpc) is 3.59. The minimum atomic E-state index is -0.966. The lowest BCUT2D eigenvalue weighted by atomic mass is 9.70. The molecule has 0 aromatic heterocycles. The number of amides is 5. The van der Waals surface area contributed by atoms with Crippen LogP contribution in [-0.2, 0) is 28.7 Å². The largest absolute Gasteiger partial charge is 0.462 e. The van der Waals surface area contributed by atoms with E-state index in [1.807, 2.05) is 62.3 Å². The van der Waals surface area contributed by atoms with Gasteiger partial charge in [-0.05, 0) is 72.1 Å². The lowest BCUT2D eigenvalue weighted by Gasteiger charge is -2.42. The summed E-state index contributed by atoms with van der Waals surface area (Å²) in [7, 11) is 0. The Morgan fingerprint density at radius 1 is 0.906 bits per heavy atom. The lowest BCUT2D eigenvalue weighted by Crippen LogP contribution is -2.61. The zero-order valence-electron chi connectivity index (χ0n) is 35.9. The van der Waals surface area contributed by atoms with Gasteiger partial charge in [0, 0.05) is 19.1 Å². The molecule has 2 rings (SSSR count). The van der Waals surface area contributed by atoms with E-state index in [-0.39, 0.29) is 24.1 Å². The van der Waals surface area contributed by atoms with Crippen LogP contribution in [0.25, 0.3) is 0 Å². The summed E-state index contributed by atoms with van der Waals surface area (Å²) in [5, 5.41) is 11.0. The van der Waals surface area contributed by atoms with Gasteiger partial charge in [-0.25, -0.2) is 4.79 Å². The number of Topliss-reactive ketones (excluding diaryl/α,β-unsaturated/α-hetero) is 1. The topological polar surface area (TPSA) is 163 Å². The van der Waals surface area contributed by atoms with Crippen molar-refractivity contribution < 1.29 is 33.5 Å². The third kappa shape index (κ3) is 23.8. The van der Waals surface area contributed by atoms with Gasteiger partial charge in [0.15, 0.2) is 0 Å². The molecule has 1 heterocycles. The van der Waals surface area contributed by atoms with Crippen molar-refractivity contribution in [1.82, 2.24) is 26.2 Å². The van der Waals surface area contributed by atoms with Crippen LogP contribution in [0.5, 0.6) is 0 Å². The van der Waals surface area contributed by atoms with Crippen LogP contribution in [0, 0.1) is 5.41 Å². The zero-order chi connectivity index (χ0) is 41.6. The normalized spacial score (nSPS) is 16.7. The number of nitrogens with one attached hydrogen (secondary N) is 4. The maximum Gasteiger partial charge on any atom is 0.315 e. The number of carbonyl (C=O) groups is 6. The highest BCUT2D eigenvalue weighted by Crippen LogP contribution is 2.40. The quantitative estimate of drug-likeness (QED) is 0.0817. The number of rotatable bonds is 14. The van der Waals surface area contributed by atoms with Crippen LogP contribution in [0.1, 0.15) is 167 Å². The van der Waals surface area contributed by atoms with E-state index in [2.05, 4.69) is 60.3 Å². The minimum absolute atomic E-state index is 0.0866. The van der Waals surface area contributed by atoms with Gasteiger partial charge < -0.3 is 30.9 Å². The summed E-state index contributed by atoms with van der Waals surface area (Å²) in [4.78, 5) is 76.3. The van der Waals surface area contributed by atoms with Crippen molar-refractivity contribution in [1.29, 1.82) is 0 Å². The summed E-state index contributed by atoms with van der Waals surface area (Å²) >= 11 is 0. The molecule has 1 aliphatic heterocycles. The number of carbonyl (C=O) groups excluding carboxylic acids is 6. The Labute approximate surface area is 323 Å². The number of unbranched alkanes of at least 4 members (excludes halogenated alkanes) is 1. The van der Waals surface area contributed by atoms with Gasteiger partial charge in [-0.1, -0.05) is 106 Å². The van der Waals surface area contributed by atoms with Gasteiger partial charge in [0.2, 0.25) is 17.6 Å². The van der Waals surface area contributed by atoms with Crippen molar-refractivity contribution in [2.75, 3.05) is 13.1 Å². The molecule has 0 radical (unpaired) electrons. The van der Waals surface area contributed by atoms with Gasteiger partial charge >= 0.3 is 6.03 Å². The van der Waals surface area contributed by atoms with Crippen molar-refractivity contribution in [2.45, 2.75) is 197 Å². The highest BCUT2D eigenvalue weighted by molar-refractivity contribution is 6.38. The molecule has 3 unspecified atom stereocenters. The van der Waals surface area contributed by atoms with Crippen LogP contribution >= 0.6 is 0 Å². The van der Waals surface area contributed by atoms with Gasteiger partial charge in [0.25, 0.3) is 12.4 Å². The van der Waals surface area contributed by atoms with E-state index in [0.29, 0.717) is 38.7 Å². The van der Waals surface area contributed by atoms with Gasteiger partial charge in [0.1, 0.15) is 17.7 Å². The summed E-state index contributed by atoms with van der Waals surface area (Å²) in [6.07, 6.45) is 11.5. The van der Waals surface area contributed by atoms with Gasteiger partial charge in [0.05, 0.1) is 6.04 Å². The molecule has 0 aromatic rings. The molecule has 2 fully saturated rings. The predicted octanol–water partition coefficient (Wildman–Crippen LogP) is 7.39. The van der Waals surface area contributed by atoms with E-state index in [1.165, 1.54) is 18.9 Å². The van der Waals surface area contributed by atoms with Crippen LogP contribution in [0.15, 0.2) is 12.7 Å². The maximum absolute atomic E-state index is 14.0. The van der Waals surface area contributed by atoms with Crippen molar-refractivity contribution in [2.24, 2.45) is 5.41 Å². The second-order valence-corrected chi connectivity index (χ2v) is 14.9.